The standard InChI is InChI=1S/C16H16F4N6O/c17-10-2-1-7-26(9-10)11-3-4-13(12(8-11)15-22-24-25-23-15)21-14(27)5-6-16(18,19)20/h2-4,8H,1,5-7,9H2,(H,21,27)(H,22,23,24,25). The summed E-state index contributed by atoms with van der Waals surface area (Å²) in [6, 6.07) is 4.83. The van der Waals surface area contributed by atoms with Crippen molar-refractivity contribution in [2.45, 2.75) is 25.4 Å². The zero-order valence-corrected chi connectivity index (χ0v) is 14.1. The number of anilines is 2. The molecule has 1 aliphatic heterocycles. The number of hydrogen-bond donors (Lipinski definition) is 2. The van der Waals surface area contributed by atoms with E-state index < -0.39 is 24.9 Å². The molecule has 0 fully saturated rings. The first-order chi connectivity index (χ1) is 12.8. The van der Waals surface area contributed by atoms with E-state index in [1.165, 1.54) is 12.1 Å². The molecule has 0 spiro atoms. The minimum absolute atomic E-state index is 0.114. The van der Waals surface area contributed by atoms with E-state index in [1.807, 2.05) is 0 Å². The van der Waals surface area contributed by atoms with Gasteiger partial charge in [0.1, 0.15) is 5.83 Å². The molecule has 0 bridgehead atoms. The van der Waals surface area contributed by atoms with Crippen molar-refractivity contribution in [2.24, 2.45) is 0 Å². The molecule has 1 amide bonds. The van der Waals surface area contributed by atoms with Crippen molar-refractivity contribution in [1.29, 1.82) is 0 Å². The van der Waals surface area contributed by atoms with Crippen LogP contribution in [0.4, 0.5) is 28.9 Å². The first-order valence-electron chi connectivity index (χ1n) is 8.16. The largest absolute Gasteiger partial charge is 0.389 e. The maximum absolute atomic E-state index is 13.6. The van der Waals surface area contributed by atoms with Crippen LogP contribution in [-0.2, 0) is 4.79 Å². The Bertz CT molecular complexity index is 834. The minimum Gasteiger partial charge on any atom is -0.365 e. The Balaban J connectivity index is 1.83. The molecule has 0 saturated heterocycles. The number of alkyl halides is 3. The number of tetrazole rings is 1. The molecule has 0 aliphatic carbocycles. The SMILES string of the molecule is O=C(CCC(F)(F)F)Nc1ccc(N2CCC=C(F)C2)cc1-c1nn[nH]n1. The third-order valence-corrected chi connectivity index (χ3v) is 3.97. The molecule has 0 unspecified atom stereocenters. The van der Waals surface area contributed by atoms with E-state index in [2.05, 4.69) is 25.9 Å². The van der Waals surface area contributed by atoms with Gasteiger partial charge >= 0.3 is 6.18 Å². The molecule has 11 heteroatoms. The summed E-state index contributed by atoms with van der Waals surface area (Å²) in [5, 5.41) is 15.9. The van der Waals surface area contributed by atoms with Crippen molar-refractivity contribution in [3.63, 3.8) is 0 Å². The molecule has 1 aliphatic rings. The molecule has 7 nitrogen and oxygen atoms in total. The summed E-state index contributed by atoms with van der Waals surface area (Å²) >= 11 is 0. The van der Waals surface area contributed by atoms with Crippen LogP contribution < -0.4 is 10.2 Å². The van der Waals surface area contributed by atoms with Gasteiger partial charge in [0.2, 0.25) is 11.7 Å². The van der Waals surface area contributed by atoms with Crippen molar-refractivity contribution >= 4 is 17.3 Å². The molecular formula is C16H16F4N6O. The lowest BCUT2D eigenvalue weighted by Gasteiger charge is -2.27. The Morgan fingerprint density at radius 2 is 2.15 bits per heavy atom. The number of halogens is 4. The molecule has 1 aromatic heterocycles. The number of H-pyrrole nitrogens is 1. The molecule has 2 N–H and O–H groups in total. The highest BCUT2D eigenvalue weighted by molar-refractivity contribution is 5.95. The fourth-order valence-electron chi connectivity index (χ4n) is 2.69. The number of aromatic nitrogens is 4. The van der Waals surface area contributed by atoms with Gasteiger partial charge < -0.3 is 10.2 Å². The summed E-state index contributed by atoms with van der Waals surface area (Å²) in [5.41, 5.74) is 1.29. The van der Waals surface area contributed by atoms with Crippen molar-refractivity contribution in [2.75, 3.05) is 23.3 Å². The average Bonchev–Trinajstić information content (AvgIpc) is 3.14. The Kier molecular flexibility index (Phi) is 5.38. The zero-order chi connectivity index (χ0) is 19.4. The normalized spacial score (nSPS) is 14.8. The van der Waals surface area contributed by atoms with Crippen LogP contribution in [-0.4, -0.2) is 45.8 Å². The summed E-state index contributed by atoms with van der Waals surface area (Å²) in [6.07, 6.45) is -4.25. The zero-order valence-electron chi connectivity index (χ0n) is 14.1. The van der Waals surface area contributed by atoms with Crippen molar-refractivity contribution in [3.05, 3.63) is 30.1 Å². The number of benzene rings is 1. The topological polar surface area (TPSA) is 86.8 Å². The predicted octanol–water partition coefficient (Wildman–Crippen LogP) is 3.21. The van der Waals surface area contributed by atoms with Crippen LogP contribution in [0.25, 0.3) is 11.4 Å². The Labute approximate surface area is 151 Å². The summed E-state index contributed by atoms with van der Waals surface area (Å²) in [7, 11) is 0. The second-order valence-electron chi connectivity index (χ2n) is 5.99. The van der Waals surface area contributed by atoms with Crippen LogP contribution in [0.1, 0.15) is 19.3 Å². The first-order valence-corrected chi connectivity index (χ1v) is 8.16. The van der Waals surface area contributed by atoms with Gasteiger partial charge in [0.05, 0.1) is 18.7 Å². The maximum atomic E-state index is 13.6. The summed E-state index contributed by atoms with van der Waals surface area (Å²) in [5.74, 6) is -0.861. The minimum atomic E-state index is -4.41. The lowest BCUT2D eigenvalue weighted by molar-refractivity contribution is -0.142. The molecule has 144 valence electrons. The summed E-state index contributed by atoms with van der Waals surface area (Å²) in [6.45, 7) is 0.722. The highest BCUT2D eigenvalue weighted by Crippen LogP contribution is 2.31. The third kappa shape index (κ3) is 5.02. The van der Waals surface area contributed by atoms with Crippen LogP contribution >= 0.6 is 0 Å². The van der Waals surface area contributed by atoms with Gasteiger partial charge in [0.15, 0.2) is 0 Å². The van der Waals surface area contributed by atoms with Gasteiger partial charge in [-0.1, -0.05) is 0 Å². The molecule has 27 heavy (non-hydrogen) atoms. The van der Waals surface area contributed by atoms with Crippen molar-refractivity contribution in [1.82, 2.24) is 20.6 Å². The predicted molar refractivity (Wildman–Crippen MR) is 89.6 cm³/mol. The second kappa shape index (κ2) is 7.72. The van der Waals surface area contributed by atoms with Gasteiger partial charge in [-0.2, -0.15) is 18.4 Å². The van der Waals surface area contributed by atoms with Crippen LogP contribution in [0.3, 0.4) is 0 Å². The van der Waals surface area contributed by atoms with E-state index in [1.54, 1.807) is 17.0 Å². The van der Waals surface area contributed by atoms with Gasteiger partial charge in [-0.15, -0.1) is 10.2 Å². The van der Waals surface area contributed by atoms with Crippen LogP contribution in [0, 0.1) is 0 Å². The molecule has 0 radical (unpaired) electrons. The van der Waals surface area contributed by atoms with Gasteiger partial charge in [0.25, 0.3) is 0 Å². The van der Waals surface area contributed by atoms with Crippen LogP contribution in [0.5, 0.6) is 0 Å². The maximum Gasteiger partial charge on any atom is 0.389 e. The summed E-state index contributed by atoms with van der Waals surface area (Å²) in [4.78, 5) is 13.7. The molecule has 1 aromatic carbocycles. The van der Waals surface area contributed by atoms with E-state index >= 15 is 0 Å². The van der Waals surface area contributed by atoms with Crippen molar-refractivity contribution < 1.29 is 22.4 Å². The molecule has 3 rings (SSSR count). The molecule has 2 heterocycles. The number of aromatic amines is 1. The summed E-state index contributed by atoms with van der Waals surface area (Å²) < 4.78 is 50.4. The first kappa shape index (κ1) is 18.8. The number of carbonyl (C=O) groups is 1. The molecule has 0 saturated carbocycles. The van der Waals surface area contributed by atoms with E-state index in [0.29, 0.717) is 24.2 Å². The number of amides is 1. The Morgan fingerprint density at radius 3 is 2.81 bits per heavy atom. The van der Waals surface area contributed by atoms with E-state index in [4.69, 9.17) is 0 Å². The number of nitrogens with one attached hydrogen (secondary N) is 2. The lowest BCUT2D eigenvalue weighted by atomic mass is 10.1. The Morgan fingerprint density at radius 1 is 1.33 bits per heavy atom. The highest BCUT2D eigenvalue weighted by Gasteiger charge is 2.28. The van der Waals surface area contributed by atoms with Gasteiger partial charge in [-0.3, -0.25) is 4.79 Å². The second-order valence-corrected chi connectivity index (χ2v) is 5.99. The lowest BCUT2D eigenvalue weighted by Crippen LogP contribution is -2.28. The number of nitrogens with zero attached hydrogens (tertiary/aromatic N) is 4. The van der Waals surface area contributed by atoms with Gasteiger partial charge in [-0.05, 0) is 35.9 Å². The fraction of sp³-hybridized carbons (Fsp3) is 0.375. The van der Waals surface area contributed by atoms with Crippen LogP contribution in [0.15, 0.2) is 30.1 Å². The molecule has 0 atom stereocenters. The van der Waals surface area contributed by atoms with Crippen LogP contribution in [0.2, 0.25) is 0 Å². The molecular weight excluding hydrogens is 368 g/mol. The fourth-order valence-corrected chi connectivity index (χ4v) is 2.69. The van der Waals surface area contributed by atoms with Gasteiger partial charge in [-0.25, -0.2) is 4.39 Å². The van der Waals surface area contributed by atoms with E-state index in [0.717, 1.165) is 0 Å². The molecule has 2 aromatic rings. The Hall–Kier alpha value is -2.98. The number of hydrogen-bond acceptors (Lipinski definition) is 5. The smallest absolute Gasteiger partial charge is 0.365 e. The van der Waals surface area contributed by atoms with Crippen molar-refractivity contribution in [3.8, 4) is 11.4 Å². The third-order valence-electron chi connectivity index (χ3n) is 3.97. The quantitative estimate of drug-likeness (QED) is 0.773. The van der Waals surface area contributed by atoms with Gasteiger partial charge in [0, 0.05) is 24.2 Å². The highest BCUT2D eigenvalue weighted by atomic mass is 19.4. The number of carbonyl (C=O) groups excluding carboxylic acids is 1. The van der Waals surface area contributed by atoms with E-state index in [9.17, 15) is 22.4 Å². The average molecular weight is 384 g/mol. The van der Waals surface area contributed by atoms with E-state index in [-0.39, 0.29) is 23.9 Å². The number of rotatable bonds is 5. The monoisotopic (exact) mass is 384 g/mol.